The molecule has 0 heterocycles. The highest BCUT2D eigenvalue weighted by Gasteiger charge is 2.28. The van der Waals surface area contributed by atoms with Crippen molar-refractivity contribution in [1.29, 1.82) is 0 Å². The summed E-state index contributed by atoms with van der Waals surface area (Å²) in [7, 11) is 0. The molecule has 0 saturated heterocycles. The van der Waals surface area contributed by atoms with Crippen molar-refractivity contribution in [1.82, 2.24) is 10.2 Å². The van der Waals surface area contributed by atoms with Gasteiger partial charge in [0.1, 0.15) is 6.54 Å². The summed E-state index contributed by atoms with van der Waals surface area (Å²) >= 11 is 0. The molecule has 0 rings (SSSR count). The minimum atomic E-state index is -1.03. The van der Waals surface area contributed by atoms with Crippen LogP contribution in [0.1, 0.15) is 54.4 Å². The summed E-state index contributed by atoms with van der Waals surface area (Å²) < 4.78 is 0. The van der Waals surface area contributed by atoms with Gasteiger partial charge in [-0.15, -0.1) is 0 Å². The van der Waals surface area contributed by atoms with Crippen molar-refractivity contribution in [2.24, 2.45) is 5.41 Å². The van der Waals surface area contributed by atoms with Crippen LogP contribution in [0.5, 0.6) is 0 Å². The molecule has 6 heteroatoms. The molecule has 0 aliphatic carbocycles. The fraction of sp³-hybridized carbons (Fsp3) is 0.800. The van der Waals surface area contributed by atoms with Crippen molar-refractivity contribution in [2.45, 2.75) is 59.9 Å². The summed E-state index contributed by atoms with van der Waals surface area (Å²) in [6, 6.07) is 0. The van der Waals surface area contributed by atoms with E-state index in [-0.39, 0.29) is 24.8 Å². The molecule has 21 heavy (non-hydrogen) atoms. The molecule has 2 N–H and O–H groups in total. The number of hydrogen-bond donors (Lipinski definition) is 2. The number of carbonyl (C=O) groups excluding carboxylic acids is 2. The highest BCUT2D eigenvalue weighted by atomic mass is 16.4. The van der Waals surface area contributed by atoms with Gasteiger partial charge in [0, 0.05) is 23.9 Å². The molecule has 0 radical (unpaired) electrons. The molecule has 0 aliphatic heterocycles. The molecule has 0 bridgehead atoms. The summed E-state index contributed by atoms with van der Waals surface area (Å²) in [6.07, 6.45) is 0.710. The average Bonchev–Trinajstić information content (AvgIpc) is 2.28. The van der Waals surface area contributed by atoms with Crippen LogP contribution in [-0.2, 0) is 14.4 Å². The van der Waals surface area contributed by atoms with Crippen LogP contribution in [0.15, 0.2) is 0 Å². The van der Waals surface area contributed by atoms with Crippen LogP contribution in [0.25, 0.3) is 0 Å². The SMILES string of the molecule is CC(C)(C)C(=O)NCCCC(=O)N(CC(=O)O)C(C)(C)C. The van der Waals surface area contributed by atoms with Gasteiger partial charge in [0.2, 0.25) is 11.8 Å². The first-order valence-electron chi connectivity index (χ1n) is 7.16. The number of carboxylic acids is 1. The molecule has 0 aromatic heterocycles. The van der Waals surface area contributed by atoms with E-state index >= 15 is 0 Å². The maximum Gasteiger partial charge on any atom is 0.323 e. The Morgan fingerprint density at radius 2 is 1.57 bits per heavy atom. The fourth-order valence-corrected chi connectivity index (χ4v) is 1.68. The minimum absolute atomic E-state index is 0.0619. The van der Waals surface area contributed by atoms with Crippen LogP contribution < -0.4 is 5.32 Å². The number of nitrogens with zero attached hydrogens (tertiary/aromatic N) is 1. The summed E-state index contributed by atoms with van der Waals surface area (Å²) in [6.45, 7) is 11.0. The van der Waals surface area contributed by atoms with Crippen LogP contribution in [0.3, 0.4) is 0 Å². The normalized spacial score (nSPS) is 11.9. The van der Waals surface area contributed by atoms with Crippen molar-refractivity contribution < 1.29 is 19.5 Å². The number of carboxylic acid groups (broad SMARTS) is 1. The third-order valence-corrected chi connectivity index (χ3v) is 2.94. The van der Waals surface area contributed by atoms with Gasteiger partial charge in [-0.2, -0.15) is 0 Å². The number of rotatable bonds is 6. The van der Waals surface area contributed by atoms with E-state index in [2.05, 4.69) is 5.32 Å². The van der Waals surface area contributed by atoms with E-state index in [1.54, 1.807) is 20.8 Å². The van der Waals surface area contributed by atoms with Crippen molar-refractivity contribution in [3.63, 3.8) is 0 Å². The van der Waals surface area contributed by atoms with Crippen LogP contribution in [-0.4, -0.2) is 46.4 Å². The van der Waals surface area contributed by atoms with E-state index in [0.29, 0.717) is 13.0 Å². The van der Waals surface area contributed by atoms with Gasteiger partial charge >= 0.3 is 5.97 Å². The first-order valence-corrected chi connectivity index (χ1v) is 7.16. The zero-order valence-electron chi connectivity index (χ0n) is 13.9. The molecule has 0 atom stereocenters. The first-order chi connectivity index (χ1) is 9.35. The third-order valence-electron chi connectivity index (χ3n) is 2.94. The van der Waals surface area contributed by atoms with Crippen molar-refractivity contribution in [2.75, 3.05) is 13.1 Å². The lowest BCUT2D eigenvalue weighted by Crippen LogP contribution is -2.48. The van der Waals surface area contributed by atoms with Crippen LogP contribution in [0.4, 0.5) is 0 Å². The van der Waals surface area contributed by atoms with Gasteiger partial charge in [-0.1, -0.05) is 20.8 Å². The van der Waals surface area contributed by atoms with E-state index in [1.807, 2.05) is 20.8 Å². The Hall–Kier alpha value is -1.59. The Morgan fingerprint density at radius 3 is 1.95 bits per heavy atom. The average molecular weight is 300 g/mol. The van der Waals surface area contributed by atoms with Crippen LogP contribution in [0.2, 0.25) is 0 Å². The Balaban J connectivity index is 4.34. The molecular weight excluding hydrogens is 272 g/mol. The van der Waals surface area contributed by atoms with Gasteiger partial charge in [-0.3, -0.25) is 14.4 Å². The zero-order chi connectivity index (χ0) is 16.8. The summed E-state index contributed by atoms with van der Waals surface area (Å²) in [5.74, 6) is -1.30. The molecule has 0 spiro atoms. The molecular formula is C15H28N2O4. The lowest BCUT2D eigenvalue weighted by atomic mass is 9.96. The second-order valence-electron chi connectivity index (χ2n) is 7.15. The number of hydrogen-bond acceptors (Lipinski definition) is 3. The molecule has 6 nitrogen and oxygen atoms in total. The molecule has 2 amide bonds. The Bertz CT molecular complexity index is 391. The van der Waals surface area contributed by atoms with Gasteiger partial charge in [0.25, 0.3) is 0 Å². The van der Waals surface area contributed by atoms with E-state index in [1.165, 1.54) is 4.90 Å². The monoisotopic (exact) mass is 300 g/mol. The topological polar surface area (TPSA) is 86.7 Å². The smallest absolute Gasteiger partial charge is 0.323 e. The number of carbonyl (C=O) groups is 3. The Labute approximate surface area is 126 Å². The van der Waals surface area contributed by atoms with Gasteiger partial charge in [-0.05, 0) is 27.2 Å². The van der Waals surface area contributed by atoms with E-state index in [4.69, 9.17) is 5.11 Å². The molecule has 0 fully saturated rings. The Kier molecular flexibility index (Phi) is 6.86. The number of aliphatic carboxylic acids is 1. The second-order valence-corrected chi connectivity index (χ2v) is 7.15. The molecule has 0 saturated carbocycles. The van der Waals surface area contributed by atoms with Crippen LogP contribution >= 0.6 is 0 Å². The highest BCUT2D eigenvalue weighted by molar-refractivity contribution is 5.82. The first kappa shape index (κ1) is 19.4. The molecule has 122 valence electrons. The third kappa shape index (κ3) is 7.68. The van der Waals surface area contributed by atoms with Crippen molar-refractivity contribution >= 4 is 17.8 Å². The van der Waals surface area contributed by atoms with Gasteiger partial charge in [-0.25, -0.2) is 0 Å². The van der Waals surface area contributed by atoms with Crippen LogP contribution in [0, 0.1) is 5.41 Å². The number of amides is 2. The van der Waals surface area contributed by atoms with E-state index in [9.17, 15) is 14.4 Å². The predicted octanol–water partition coefficient (Wildman–Crippen LogP) is 1.64. The molecule has 0 aromatic carbocycles. The molecule has 0 aromatic rings. The molecule has 0 aliphatic rings. The Morgan fingerprint density at radius 1 is 1.05 bits per heavy atom. The maximum absolute atomic E-state index is 12.1. The summed E-state index contributed by atoms with van der Waals surface area (Å²) in [5, 5.41) is 11.6. The van der Waals surface area contributed by atoms with E-state index in [0.717, 1.165) is 0 Å². The largest absolute Gasteiger partial charge is 0.480 e. The van der Waals surface area contributed by atoms with Gasteiger partial charge in [0.05, 0.1) is 0 Å². The number of nitrogens with one attached hydrogen (secondary N) is 1. The molecule has 0 unspecified atom stereocenters. The second kappa shape index (κ2) is 7.43. The fourth-order valence-electron chi connectivity index (χ4n) is 1.68. The lowest BCUT2D eigenvalue weighted by Gasteiger charge is -2.34. The van der Waals surface area contributed by atoms with Gasteiger partial charge < -0.3 is 15.3 Å². The van der Waals surface area contributed by atoms with Crippen molar-refractivity contribution in [3.05, 3.63) is 0 Å². The van der Waals surface area contributed by atoms with Gasteiger partial charge in [0.15, 0.2) is 0 Å². The summed E-state index contributed by atoms with van der Waals surface area (Å²) in [5.41, 5.74) is -0.991. The zero-order valence-corrected chi connectivity index (χ0v) is 13.9. The van der Waals surface area contributed by atoms with Crippen molar-refractivity contribution in [3.8, 4) is 0 Å². The highest BCUT2D eigenvalue weighted by Crippen LogP contribution is 2.15. The quantitative estimate of drug-likeness (QED) is 0.730. The maximum atomic E-state index is 12.1. The standard InChI is InChI=1S/C15H28N2O4/c1-14(2,3)13(21)16-9-7-8-11(18)17(10-12(19)20)15(4,5)6/h7-10H2,1-6H3,(H,16,21)(H,19,20). The summed E-state index contributed by atoms with van der Waals surface area (Å²) in [4.78, 5) is 36.0. The lowest BCUT2D eigenvalue weighted by molar-refractivity contribution is -0.148. The van der Waals surface area contributed by atoms with E-state index < -0.39 is 16.9 Å². The predicted molar refractivity (Wildman–Crippen MR) is 80.8 cm³/mol. The minimum Gasteiger partial charge on any atom is -0.480 e.